The lowest BCUT2D eigenvalue weighted by Gasteiger charge is -2.28. The lowest BCUT2D eigenvalue weighted by Crippen LogP contribution is -2.27. The molecule has 0 spiro atoms. The third-order valence-corrected chi connectivity index (χ3v) is 3.61. The average molecular weight is 321 g/mol. The highest BCUT2D eigenvalue weighted by Gasteiger charge is 2.27. The second-order valence-electron chi connectivity index (χ2n) is 7.82. The van der Waals surface area contributed by atoms with Crippen LogP contribution in [0.15, 0.2) is 12.1 Å². The molecule has 3 N–H and O–H groups in total. The third-order valence-electron chi connectivity index (χ3n) is 3.61. The van der Waals surface area contributed by atoms with E-state index in [1.165, 1.54) is 0 Å². The summed E-state index contributed by atoms with van der Waals surface area (Å²) in [5.41, 5.74) is 1.20. The molecular formula is C18H27NO4. The second-order valence-corrected chi connectivity index (χ2v) is 7.82. The van der Waals surface area contributed by atoms with E-state index in [-0.39, 0.29) is 35.5 Å². The van der Waals surface area contributed by atoms with E-state index in [9.17, 15) is 14.7 Å². The van der Waals surface area contributed by atoms with Crippen LogP contribution in [0.1, 0.15) is 69.4 Å². The van der Waals surface area contributed by atoms with E-state index >= 15 is 0 Å². The first-order chi connectivity index (χ1) is 10.3. The number of hydrogen-bond donors (Lipinski definition) is 3. The Bertz CT molecular complexity index is 571. The van der Waals surface area contributed by atoms with Crippen LogP contribution in [0.5, 0.6) is 5.75 Å². The molecule has 0 saturated heterocycles. The van der Waals surface area contributed by atoms with Gasteiger partial charge in [0.1, 0.15) is 5.75 Å². The van der Waals surface area contributed by atoms with E-state index in [1.54, 1.807) is 12.1 Å². The number of hydrogen-bond acceptors (Lipinski definition) is 3. The Balaban J connectivity index is 3.28. The molecule has 0 saturated carbocycles. The molecule has 1 aromatic rings. The molecule has 0 bridgehead atoms. The number of carboxylic acids is 1. The Morgan fingerprint density at radius 1 is 1.00 bits per heavy atom. The highest BCUT2D eigenvalue weighted by molar-refractivity contribution is 5.95. The zero-order valence-corrected chi connectivity index (χ0v) is 14.8. The Morgan fingerprint density at radius 3 is 1.78 bits per heavy atom. The number of phenols is 1. The Labute approximate surface area is 137 Å². The minimum atomic E-state index is -0.957. The van der Waals surface area contributed by atoms with Crippen LogP contribution in [0.3, 0.4) is 0 Å². The predicted octanol–water partition coefficient (Wildman–Crippen LogP) is 3.19. The fraction of sp³-hybridized carbons (Fsp3) is 0.556. The van der Waals surface area contributed by atoms with Crippen LogP contribution in [0.4, 0.5) is 0 Å². The van der Waals surface area contributed by atoms with Crippen molar-refractivity contribution in [1.82, 2.24) is 5.32 Å². The molecule has 0 fully saturated rings. The van der Waals surface area contributed by atoms with Crippen molar-refractivity contribution in [2.75, 3.05) is 6.54 Å². The number of amides is 1. The molecule has 0 aliphatic rings. The predicted molar refractivity (Wildman–Crippen MR) is 90.1 cm³/mol. The molecule has 0 aliphatic carbocycles. The van der Waals surface area contributed by atoms with Crippen molar-refractivity contribution in [3.8, 4) is 5.75 Å². The molecule has 0 aromatic heterocycles. The molecule has 1 rings (SSSR count). The molecule has 128 valence electrons. The Morgan fingerprint density at radius 2 is 1.43 bits per heavy atom. The van der Waals surface area contributed by atoms with Gasteiger partial charge in [0.15, 0.2) is 0 Å². The van der Waals surface area contributed by atoms with Gasteiger partial charge in [-0.05, 0) is 23.0 Å². The number of carboxylic acid groups (broad SMARTS) is 1. The van der Waals surface area contributed by atoms with Crippen molar-refractivity contribution in [3.63, 3.8) is 0 Å². The van der Waals surface area contributed by atoms with Crippen molar-refractivity contribution in [1.29, 1.82) is 0 Å². The highest BCUT2D eigenvalue weighted by Crippen LogP contribution is 2.39. The van der Waals surface area contributed by atoms with Gasteiger partial charge >= 0.3 is 5.97 Å². The fourth-order valence-corrected chi connectivity index (χ4v) is 2.29. The summed E-state index contributed by atoms with van der Waals surface area (Å²) in [7, 11) is 0. The van der Waals surface area contributed by atoms with Crippen LogP contribution in [0, 0.1) is 0 Å². The molecule has 0 heterocycles. The van der Waals surface area contributed by atoms with E-state index < -0.39 is 5.97 Å². The third kappa shape index (κ3) is 4.98. The average Bonchev–Trinajstić information content (AvgIpc) is 2.35. The zero-order valence-electron chi connectivity index (χ0n) is 14.8. The Kier molecular flexibility index (Phi) is 5.46. The molecule has 0 unspecified atom stereocenters. The molecule has 0 radical (unpaired) electrons. The van der Waals surface area contributed by atoms with Crippen LogP contribution in [0.25, 0.3) is 0 Å². The molecular weight excluding hydrogens is 294 g/mol. The summed E-state index contributed by atoms with van der Waals surface area (Å²) < 4.78 is 0. The summed E-state index contributed by atoms with van der Waals surface area (Å²) in [5.74, 6) is -1.07. The molecule has 1 aromatic carbocycles. The number of carbonyl (C=O) groups is 2. The lowest BCUT2D eigenvalue weighted by atomic mass is 9.78. The largest absolute Gasteiger partial charge is 0.507 e. The fourth-order valence-electron chi connectivity index (χ4n) is 2.29. The van der Waals surface area contributed by atoms with Crippen LogP contribution >= 0.6 is 0 Å². The van der Waals surface area contributed by atoms with Gasteiger partial charge in [0.05, 0.1) is 6.42 Å². The van der Waals surface area contributed by atoms with Gasteiger partial charge in [0.25, 0.3) is 5.91 Å². The van der Waals surface area contributed by atoms with E-state index in [2.05, 4.69) is 5.32 Å². The number of nitrogens with one attached hydrogen (secondary N) is 1. The van der Waals surface area contributed by atoms with Crippen molar-refractivity contribution >= 4 is 11.9 Å². The summed E-state index contributed by atoms with van der Waals surface area (Å²) in [4.78, 5) is 22.9. The standard InChI is InChI=1S/C18H27NO4/c1-17(2,3)12-9-11(16(23)19-8-7-14(20)21)10-13(15(12)22)18(4,5)6/h9-10,22H,7-8H2,1-6H3,(H,19,23)(H,20,21). The molecule has 23 heavy (non-hydrogen) atoms. The molecule has 5 heteroatoms. The molecule has 0 aliphatic heterocycles. The lowest BCUT2D eigenvalue weighted by molar-refractivity contribution is -0.136. The van der Waals surface area contributed by atoms with Crippen molar-refractivity contribution in [2.45, 2.75) is 58.8 Å². The first kappa shape index (κ1) is 19.0. The Hall–Kier alpha value is -2.04. The topological polar surface area (TPSA) is 86.6 Å². The van der Waals surface area contributed by atoms with E-state index in [4.69, 9.17) is 5.11 Å². The monoisotopic (exact) mass is 321 g/mol. The first-order valence-electron chi connectivity index (χ1n) is 7.72. The van der Waals surface area contributed by atoms with Gasteiger partial charge in [-0.1, -0.05) is 41.5 Å². The molecule has 5 nitrogen and oxygen atoms in total. The van der Waals surface area contributed by atoms with Gasteiger partial charge in [-0.25, -0.2) is 0 Å². The van der Waals surface area contributed by atoms with Crippen LogP contribution in [0.2, 0.25) is 0 Å². The summed E-state index contributed by atoms with van der Waals surface area (Å²) in [5, 5.41) is 21.9. The quantitative estimate of drug-likeness (QED) is 0.795. The minimum absolute atomic E-state index is 0.0742. The van der Waals surface area contributed by atoms with Gasteiger partial charge in [0, 0.05) is 23.2 Å². The van der Waals surface area contributed by atoms with Crippen LogP contribution in [-0.4, -0.2) is 28.6 Å². The van der Waals surface area contributed by atoms with Crippen LogP contribution < -0.4 is 5.32 Å². The maximum atomic E-state index is 12.3. The number of rotatable bonds is 4. The molecule has 1 amide bonds. The maximum absolute atomic E-state index is 12.3. The maximum Gasteiger partial charge on any atom is 0.305 e. The summed E-state index contributed by atoms with van der Waals surface area (Å²) in [6.07, 6.45) is -0.123. The number of phenolic OH excluding ortho intramolecular Hbond substituents is 1. The van der Waals surface area contributed by atoms with E-state index in [0.29, 0.717) is 16.7 Å². The van der Waals surface area contributed by atoms with Gasteiger partial charge < -0.3 is 15.5 Å². The van der Waals surface area contributed by atoms with E-state index in [0.717, 1.165) is 0 Å². The van der Waals surface area contributed by atoms with E-state index in [1.807, 2.05) is 41.5 Å². The summed E-state index contributed by atoms with van der Waals surface area (Å²) in [6.45, 7) is 11.9. The minimum Gasteiger partial charge on any atom is -0.507 e. The number of aliphatic carboxylic acids is 1. The zero-order chi connectivity index (χ0) is 18.0. The van der Waals surface area contributed by atoms with Gasteiger partial charge in [-0.15, -0.1) is 0 Å². The van der Waals surface area contributed by atoms with Gasteiger partial charge in [-0.3, -0.25) is 9.59 Å². The molecule has 0 atom stereocenters. The number of carbonyl (C=O) groups excluding carboxylic acids is 1. The summed E-state index contributed by atoms with van der Waals surface area (Å²) in [6, 6.07) is 3.36. The van der Waals surface area contributed by atoms with Gasteiger partial charge in [-0.2, -0.15) is 0 Å². The summed E-state index contributed by atoms with van der Waals surface area (Å²) >= 11 is 0. The second kappa shape index (κ2) is 6.60. The number of benzene rings is 1. The van der Waals surface area contributed by atoms with Crippen molar-refractivity contribution in [3.05, 3.63) is 28.8 Å². The SMILES string of the molecule is CC(C)(C)c1cc(C(=O)NCCC(=O)O)cc(C(C)(C)C)c1O. The highest BCUT2D eigenvalue weighted by atomic mass is 16.4. The van der Waals surface area contributed by atoms with Gasteiger partial charge in [0.2, 0.25) is 0 Å². The van der Waals surface area contributed by atoms with Crippen molar-refractivity contribution in [2.24, 2.45) is 0 Å². The van der Waals surface area contributed by atoms with Crippen molar-refractivity contribution < 1.29 is 19.8 Å². The number of aromatic hydroxyl groups is 1. The van der Waals surface area contributed by atoms with Crippen LogP contribution in [-0.2, 0) is 15.6 Å². The smallest absolute Gasteiger partial charge is 0.305 e. The first-order valence-corrected chi connectivity index (χ1v) is 7.72. The normalized spacial score (nSPS) is 12.1.